The van der Waals surface area contributed by atoms with Gasteiger partial charge in [-0.2, -0.15) is 4.98 Å². The van der Waals surface area contributed by atoms with Crippen molar-refractivity contribution >= 4 is 23.2 Å². The second-order valence-corrected chi connectivity index (χ2v) is 8.44. The van der Waals surface area contributed by atoms with Crippen LogP contribution in [0.25, 0.3) is 11.4 Å². The van der Waals surface area contributed by atoms with Crippen LogP contribution in [0.2, 0.25) is 0 Å². The maximum absolute atomic E-state index is 13.8. The molecule has 38 heavy (non-hydrogen) atoms. The second kappa shape index (κ2) is 10.1. The maximum Gasteiger partial charge on any atom is 0.275 e. The van der Waals surface area contributed by atoms with Crippen LogP contribution in [-0.4, -0.2) is 39.8 Å². The standard InChI is InChI=1S/C27H24N6O5/c1-16-23(26(34)29-19-12-6-9-15-22(19)38-3)24(17-10-4-7-13-20(17)33(35)36)32-27(28-16)30-25(31-32)18-11-5-8-14-21(18)37-2/h4-15,24H,1-3H3,(H,29,34)(H,28,30,31). The SMILES string of the molecule is COc1ccccc1NC(=O)C1=C(C)Nc2nc(-c3ccccc3OC)nn2C1c1ccccc1[N+](=O)[O-]. The van der Waals surface area contributed by atoms with Gasteiger partial charge in [0.2, 0.25) is 5.95 Å². The molecule has 4 aromatic rings. The Hall–Kier alpha value is -5.19. The first kappa shape index (κ1) is 24.5. The number of aromatic nitrogens is 3. The van der Waals surface area contributed by atoms with Crippen LogP contribution < -0.4 is 20.1 Å². The van der Waals surface area contributed by atoms with Crippen molar-refractivity contribution in [2.24, 2.45) is 0 Å². The summed E-state index contributed by atoms with van der Waals surface area (Å²) in [6, 6.07) is 19.6. The van der Waals surface area contributed by atoms with Crippen LogP contribution in [0.5, 0.6) is 11.5 Å². The van der Waals surface area contributed by atoms with E-state index < -0.39 is 16.9 Å². The number of anilines is 2. The first-order valence-electron chi connectivity index (χ1n) is 11.7. The van der Waals surface area contributed by atoms with E-state index in [1.54, 1.807) is 62.6 Å². The highest BCUT2D eigenvalue weighted by Gasteiger charge is 2.38. The van der Waals surface area contributed by atoms with Gasteiger partial charge in [0.1, 0.15) is 17.5 Å². The highest BCUT2D eigenvalue weighted by Crippen LogP contribution is 2.41. The van der Waals surface area contributed by atoms with E-state index in [9.17, 15) is 14.9 Å². The number of ether oxygens (including phenoxy) is 2. The van der Waals surface area contributed by atoms with E-state index >= 15 is 0 Å². The number of carbonyl (C=O) groups is 1. The lowest BCUT2D eigenvalue weighted by atomic mass is 9.93. The van der Waals surface area contributed by atoms with Crippen LogP contribution in [0.1, 0.15) is 18.5 Å². The predicted octanol–water partition coefficient (Wildman–Crippen LogP) is 4.80. The Kier molecular flexibility index (Phi) is 6.48. The van der Waals surface area contributed by atoms with E-state index in [-0.39, 0.29) is 11.3 Å². The molecule has 0 spiro atoms. The number of nitrogens with zero attached hydrogens (tertiary/aromatic N) is 4. The Morgan fingerprint density at radius 2 is 1.66 bits per heavy atom. The fourth-order valence-corrected chi connectivity index (χ4v) is 4.50. The Morgan fingerprint density at radius 1 is 1.00 bits per heavy atom. The van der Waals surface area contributed by atoms with Crippen LogP contribution >= 0.6 is 0 Å². The molecule has 2 heterocycles. The van der Waals surface area contributed by atoms with Gasteiger partial charge in [0.15, 0.2) is 5.82 Å². The zero-order chi connectivity index (χ0) is 26.8. The van der Waals surface area contributed by atoms with Gasteiger partial charge in [0, 0.05) is 11.8 Å². The van der Waals surface area contributed by atoms with Gasteiger partial charge in [-0.3, -0.25) is 14.9 Å². The maximum atomic E-state index is 13.8. The molecular weight excluding hydrogens is 488 g/mol. The van der Waals surface area contributed by atoms with E-state index in [4.69, 9.17) is 14.6 Å². The number of methoxy groups -OCH3 is 2. The number of fused-ring (bicyclic) bond motifs is 1. The molecule has 0 radical (unpaired) electrons. The molecule has 5 rings (SSSR count). The van der Waals surface area contributed by atoms with E-state index in [1.807, 2.05) is 18.2 Å². The van der Waals surface area contributed by atoms with Gasteiger partial charge in [-0.15, -0.1) is 5.10 Å². The summed E-state index contributed by atoms with van der Waals surface area (Å²) in [5, 5.41) is 22.7. The van der Waals surface area contributed by atoms with Crippen molar-refractivity contribution in [1.29, 1.82) is 0 Å². The summed E-state index contributed by atoms with van der Waals surface area (Å²) in [4.78, 5) is 30.0. The van der Waals surface area contributed by atoms with Crippen LogP contribution in [0.4, 0.5) is 17.3 Å². The van der Waals surface area contributed by atoms with Crippen LogP contribution in [0, 0.1) is 10.1 Å². The Morgan fingerprint density at radius 3 is 2.39 bits per heavy atom. The first-order chi connectivity index (χ1) is 18.4. The molecule has 0 fully saturated rings. The van der Waals surface area contributed by atoms with Crippen molar-refractivity contribution in [1.82, 2.24) is 14.8 Å². The molecule has 1 aliphatic rings. The number of allylic oxidation sites excluding steroid dienone is 1. The zero-order valence-corrected chi connectivity index (χ0v) is 20.8. The molecule has 1 aromatic heterocycles. The smallest absolute Gasteiger partial charge is 0.275 e. The van der Waals surface area contributed by atoms with Gasteiger partial charge >= 0.3 is 0 Å². The molecule has 1 atom stereocenters. The molecule has 0 bridgehead atoms. The minimum Gasteiger partial charge on any atom is -0.496 e. The van der Waals surface area contributed by atoms with Gasteiger partial charge in [-0.05, 0) is 37.3 Å². The van der Waals surface area contributed by atoms with Crippen molar-refractivity contribution < 1.29 is 19.2 Å². The molecule has 3 aromatic carbocycles. The topological polar surface area (TPSA) is 133 Å². The first-order valence-corrected chi connectivity index (χ1v) is 11.7. The van der Waals surface area contributed by atoms with Crippen molar-refractivity contribution in [3.63, 3.8) is 0 Å². The number of benzene rings is 3. The van der Waals surface area contributed by atoms with Crippen molar-refractivity contribution in [3.05, 3.63) is 99.7 Å². The Bertz CT molecular complexity index is 1580. The van der Waals surface area contributed by atoms with Gasteiger partial charge in [0.05, 0.1) is 41.5 Å². The number of nitro benzene ring substituents is 1. The molecule has 1 unspecified atom stereocenters. The van der Waals surface area contributed by atoms with Crippen molar-refractivity contribution in [3.8, 4) is 22.9 Å². The summed E-state index contributed by atoms with van der Waals surface area (Å²) in [5.74, 6) is 1.25. The summed E-state index contributed by atoms with van der Waals surface area (Å²) < 4.78 is 12.3. The molecular formula is C27H24N6O5. The molecule has 0 saturated heterocycles. The molecule has 1 amide bonds. The summed E-state index contributed by atoms with van der Waals surface area (Å²) >= 11 is 0. The lowest BCUT2D eigenvalue weighted by Crippen LogP contribution is -2.32. The fraction of sp³-hybridized carbons (Fsp3) is 0.148. The largest absolute Gasteiger partial charge is 0.496 e. The van der Waals surface area contributed by atoms with E-state index in [2.05, 4.69) is 15.6 Å². The molecule has 0 saturated carbocycles. The van der Waals surface area contributed by atoms with Gasteiger partial charge in [0.25, 0.3) is 11.6 Å². The highest BCUT2D eigenvalue weighted by molar-refractivity contribution is 6.06. The minimum atomic E-state index is -0.946. The third-order valence-corrected chi connectivity index (χ3v) is 6.23. The number of hydrogen-bond acceptors (Lipinski definition) is 8. The molecule has 1 aliphatic heterocycles. The fourth-order valence-electron chi connectivity index (χ4n) is 4.50. The van der Waals surface area contributed by atoms with Crippen molar-refractivity contribution in [2.45, 2.75) is 13.0 Å². The van der Waals surface area contributed by atoms with Crippen LogP contribution in [0.3, 0.4) is 0 Å². The molecule has 0 aliphatic carbocycles. The Balaban J connectivity index is 1.67. The van der Waals surface area contributed by atoms with Crippen LogP contribution in [0.15, 0.2) is 84.1 Å². The zero-order valence-electron chi connectivity index (χ0n) is 20.8. The average Bonchev–Trinajstić information content (AvgIpc) is 3.35. The lowest BCUT2D eigenvalue weighted by Gasteiger charge is -2.28. The number of para-hydroxylation sites is 4. The van der Waals surface area contributed by atoms with Crippen molar-refractivity contribution in [2.75, 3.05) is 24.9 Å². The number of nitro groups is 1. The number of nitrogens with one attached hydrogen (secondary N) is 2. The van der Waals surface area contributed by atoms with Gasteiger partial charge in [-0.1, -0.05) is 36.4 Å². The number of rotatable bonds is 7. The third kappa shape index (κ3) is 4.30. The number of carbonyl (C=O) groups excluding carboxylic acids is 1. The quantitative estimate of drug-likeness (QED) is 0.267. The van der Waals surface area contributed by atoms with E-state index in [1.165, 1.54) is 17.9 Å². The normalized spacial score (nSPS) is 14.3. The predicted molar refractivity (Wildman–Crippen MR) is 141 cm³/mol. The highest BCUT2D eigenvalue weighted by atomic mass is 16.6. The second-order valence-electron chi connectivity index (χ2n) is 8.44. The summed E-state index contributed by atoms with van der Waals surface area (Å²) in [6.45, 7) is 1.72. The lowest BCUT2D eigenvalue weighted by molar-refractivity contribution is -0.385. The Labute approximate surface area is 217 Å². The van der Waals surface area contributed by atoms with E-state index in [0.717, 1.165) is 0 Å². The van der Waals surface area contributed by atoms with E-state index in [0.29, 0.717) is 45.8 Å². The molecule has 192 valence electrons. The number of amides is 1. The monoisotopic (exact) mass is 512 g/mol. The molecule has 11 heteroatoms. The summed E-state index contributed by atoms with van der Waals surface area (Å²) in [7, 11) is 3.06. The van der Waals surface area contributed by atoms with Crippen LogP contribution in [-0.2, 0) is 4.79 Å². The summed E-state index contributed by atoms with van der Waals surface area (Å²) in [5.41, 5.74) is 1.97. The van der Waals surface area contributed by atoms with Gasteiger partial charge < -0.3 is 20.1 Å². The van der Waals surface area contributed by atoms with Gasteiger partial charge in [-0.25, -0.2) is 4.68 Å². The molecule has 2 N–H and O–H groups in total. The average molecular weight is 513 g/mol. The number of hydrogen-bond donors (Lipinski definition) is 2. The molecule has 11 nitrogen and oxygen atoms in total. The minimum absolute atomic E-state index is 0.143. The summed E-state index contributed by atoms with van der Waals surface area (Å²) in [6.07, 6.45) is 0. The third-order valence-electron chi connectivity index (χ3n) is 6.23.